The molecule has 134 heavy (non-hydrogen) atoms. The Morgan fingerprint density at radius 3 is 0.918 bits per heavy atom. The predicted molar refractivity (Wildman–Crippen MR) is 456 cm³/mol. The van der Waals surface area contributed by atoms with Gasteiger partial charge in [-0.15, -0.1) is 9.97 Å². The number of allylic oxidation sites excluding steroid dienone is 2. The van der Waals surface area contributed by atoms with Gasteiger partial charge in [-0.2, -0.15) is 111 Å². The summed E-state index contributed by atoms with van der Waals surface area (Å²) in [7, 11) is -65.7. The van der Waals surface area contributed by atoms with Crippen LogP contribution in [0.2, 0.25) is 0 Å². The molecular weight excluding hydrogens is 2030 g/mol. The molecule has 18 N–H and O–H groups in total. The molecule has 0 aliphatic heterocycles. The quantitative estimate of drug-likeness (QED) is 0.0198. The van der Waals surface area contributed by atoms with Crippen LogP contribution in [0.4, 0.5) is 57.9 Å². The van der Waals surface area contributed by atoms with Gasteiger partial charge in [0.15, 0.2) is 11.4 Å². The number of pyridine rings is 2. The standard InChI is InChI=1S/C68H46N16O38S12/c85-59-55-31(23-53(131(111,112)113)57(59)81-79-45-17-15-41-43(61(45)133(117,118)119)7-1-9-49(41)127(99,100)101)21-37(125(93,94)95)27-47(55)71-65-73-63(75-67(77-65)83-19-3-5-35(29-83)123(87,88)89)69-33-11-13-39(51(25-33)129(105,106)107)40-14-12-34(26-52(40)130(108,109)110)70-64-74-66(78-68(76-64)84-20-4-6-36(30-84)124(90,91)92)72-48-28-38(126(96,97)98)22-32-24-54(132(114,115)116)58(60(86)56(32)48)82-80-46-18-16-42-44(62(46)134(120,121)122)8-2-10-50(42)128(102,103)104/h1-30H,(H16-2,69,70,71,72,73,74,75,76,77,78,79,80,81,82,85,86,87,88,89,90,91,92,93,94,95,96,97,98,99,100,101,102,103,104,105,106,107,108,109,110,111,112,113,114,115,116,117,118,119,120,121,122)/p+2. The zero-order chi connectivity index (χ0) is 98.2. The van der Waals surface area contributed by atoms with Gasteiger partial charge in [0.1, 0.15) is 49.0 Å². The molecule has 0 saturated carbocycles. The molecule has 8 aromatic carbocycles. The van der Waals surface area contributed by atoms with Crippen LogP contribution in [0.15, 0.2) is 239 Å². The Morgan fingerprint density at radius 2 is 0.612 bits per heavy atom. The minimum atomic E-state index is -5.77. The average molecular weight is 2080 g/mol. The van der Waals surface area contributed by atoms with Gasteiger partial charge in [0.2, 0.25) is 11.6 Å². The molecular formula is C68H48N16O38S12+2. The van der Waals surface area contributed by atoms with E-state index >= 15 is 0 Å². The zero-order valence-corrected chi connectivity index (χ0v) is 74.5. The second kappa shape index (κ2) is 33.9. The summed E-state index contributed by atoms with van der Waals surface area (Å²) < 4.78 is 436. The number of nitrogens with one attached hydrogen (secondary N) is 6. The first-order valence-electron chi connectivity index (χ1n) is 35.1. The van der Waals surface area contributed by atoms with E-state index < -0.39 is 328 Å². The molecule has 0 radical (unpaired) electrons. The molecule has 0 spiro atoms. The third-order valence-corrected chi connectivity index (χ3v) is 29.2. The molecule has 0 bridgehead atoms. The summed E-state index contributed by atoms with van der Waals surface area (Å²) in [4.78, 5) is 40.8. The fourth-order valence-electron chi connectivity index (χ4n) is 13.2. The van der Waals surface area contributed by atoms with Gasteiger partial charge in [-0.05, 0) is 140 Å². The van der Waals surface area contributed by atoms with Crippen molar-refractivity contribution >= 4 is 236 Å². The zero-order valence-electron chi connectivity index (χ0n) is 64.7. The van der Waals surface area contributed by atoms with Gasteiger partial charge in [0, 0.05) is 44.0 Å². The highest BCUT2D eigenvalue weighted by atomic mass is 32.3. The fraction of sp³-hybridized carbons (Fsp3) is 0. The van der Waals surface area contributed by atoms with E-state index in [-0.39, 0.29) is 0 Å². The summed E-state index contributed by atoms with van der Waals surface area (Å²) in [5.41, 5.74) is -8.66. The molecule has 698 valence electrons. The third kappa shape index (κ3) is 20.2. The smallest absolute Gasteiger partial charge is 0.310 e. The van der Waals surface area contributed by atoms with Crippen LogP contribution < -0.4 is 41.3 Å². The van der Waals surface area contributed by atoms with Gasteiger partial charge < -0.3 is 21.3 Å². The van der Waals surface area contributed by atoms with Crippen LogP contribution in [0.1, 0.15) is 31.8 Å². The van der Waals surface area contributed by atoms with Crippen LogP contribution in [0.5, 0.6) is 0 Å². The molecule has 4 heterocycles. The van der Waals surface area contributed by atoms with E-state index in [0.29, 0.717) is 73.1 Å². The first kappa shape index (κ1) is 96.5. The number of nitrogens with zero attached hydrogens (tertiary/aromatic N) is 10. The van der Waals surface area contributed by atoms with E-state index in [9.17, 15) is 165 Å². The lowest BCUT2D eigenvalue weighted by Gasteiger charge is -2.20. The lowest BCUT2D eigenvalue weighted by Crippen LogP contribution is -2.34. The van der Waals surface area contributed by atoms with Crippen LogP contribution in [0.25, 0.3) is 56.7 Å². The highest BCUT2D eigenvalue weighted by Crippen LogP contribution is 2.43. The molecule has 0 fully saturated rings. The van der Waals surface area contributed by atoms with Crippen LogP contribution in [-0.4, -0.2) is 209 Å². The van der Waals surface area contributed by atoms with Gasteiger partial charge >= 0.3 is 35.7 Å². The van der Waals surface area contributed by atoms with Crippen LogP contribution in [0.3, 0.4) is 0 Å². The summed E-state index contributed by atoms with van der Waals surface area (Å²) >= 11 is 0. The van der Waals surface area contributed by atoms with Crippen molar-refractivity contribution in [3.8, 4) is 23.0 Å². The number of carbonyl (C=O) groups is 2. The minimum absolute atomic E-state index is 0.390. The number of aromatic nitrogens is 8. The Morgan fingerprint density at radius 1 is 0.284 bits per heavy atom. The molecule has 0 atom stereocenters. The molecule has 66 heteroatoms. The molecule has 0 amide bonds. The number of Topliss-reactive ketones (excluding diaryl/α,β-unsaturated/α-hetero) is 2. The Labute approximate surface area is 751 Å². The molecule has 2 aliphatic rings. The van der Waals surface area contributed by atoms with Crippen molar-refractivity contribution in [3.05, 3.63) is 202 Å². The van der Waals surface area contributed by atoms with E-state index in [2.05, 4.69) is 61.4 Å². The first-order chi connectivity index (χ1) is 61.8. The maximum atomic E-state index is 14.9. The molecule has 14 rings (SSSR count). The molecule has 2 aliphatic carbocycles. The van der Waals surface area contributed by atoms with Gasteiger partial charge in [-0.25, -0.2) is 9.13 Å². The molecule has 54 nitrogen and oxygen atoms in total. The fourth-order valence-corrected chi connectivity index (χ4v) is 21.2. The lowest BCUT2D eigenvalue weighted by atomic mass is 9.93. The number of hydrazone groups is 2. The number of carbonyl (C=O) groups excluding carboxylic acids is 2. The van der Waals surface area contributed by atoms with Crippen molar-refractivity contribution in [3.63, 3.8) is 0 Å². The van der Waals surface area contributed by atoms with Crippen LogP contribution >= 0.6 is 0 Å². The average Bonchev–Trinajstić information content (AvgIpc) is 0.749. The van der Waals surface area contributed by atoms with Gasteiger partial charge in [-0.3, -0.25) is 75.1 Å². The molecule has 0 unspecified atom stereocenters. The SMILES string of the molecule is O=C1/C(=N/Nc2ccc3c(S(=O)(=O)O)cccc3c2S(=O)(=O)O)C(S(=O)(=O)O)=Cc2cc(S(=O)(=O)O)cc(Nc3nc(Nc4ccc(-c5ccc(Nc6nc(Nc7cc(S(=O)(=O)O)cc8c7C(=O)/C(=N\Nc7ccc9c(S(=O)(=O)O)cccc9c7S(=O)(=O)O)C(S(=O)(=O)O)=C8)nc(-[n+]7cccc(S(=O)(=O)O)c7)n6)cc5S(=O)(=O)O)c(S(=O)(=O)O)c4)nc(-[n+]4cccc(S(=O)(=O)O)c4)n3)c21. The Kier molecular flexibility index (Phi) is 24.4. The summed E-state index contributed by atoms with van der Waals surface area (Å²) in [6.45, 7) is 0. The van der Waals surface area contributed by atoms with Crippen molar-refractivity contribution in [2.45, 2.75) is 49.0 Å². The Hall–Kier alpha value is -13.5. The van der Waals surface area contributed by atoms with Crippen molar-refractivity contribution in [1.82, 2.24) is 29.9 Å². The lowest BCUT2D eigenvalue weighted by molar-refractivity contribution is -0.606. The van der Waals surface area contributed by atoms with Crippen molar-refractivity contribution in [2.24, 2.45) is 10.2 Å². The molecule has 4 aromatic heterocycles. The van der Waals surface area contributed by atoms with E-state index in [1.807, 2.05) is 10.9 Å². The number of hydrogen-bond acceptors (Lipinski definition) is 40. The van der Waals surface area contributed by atoms with Gasteiger partial charge in [0.25, 0.3) is 121 Å². The predicted octanol–water partition coefficient (Wildman–Crippen LogP) is 3.81. The number of ketones is 2. The maximum absolute atomic E-state index is 14.9. The summed E-state index contributed by atoms with van der Waals surface area (Å²) in [5.74, 6) is -8.63. The van der Waals surface area contributed by atoms with Crippen LogP contribution in [-0.2, 0) is 121 Å². The monoisotopic (exact) mass is 2080 g/mol. The molecule has 0 saturated heterocycles. The number of anilines is 10. The number of benzene rings is 8. The topological polar surface area (TPSA) is 869 Å². The van der Waals surface area contributed by atoms with Gasteiger partial charge in [-0.1, -0.05) is 48.5 Å². The maximum Gasteiger partial charge on any atom is 0.444 e. The van der Waals surface area contributed by atoms with Crippen molar-refractivity contribution in [2.75, 3.05) is 32.1 Å². The van der Waals surface area contributed by atoms with Crippen LogP contribution in [0, 0.1) is 0 Å². The second-order valence-electron chi connectivity index (χ2n) is 27.4. The minimum Gasteiger partial charge on any atom is -0.310 e. The molecule has 12 aromatic rings. The van der Waals surface area contributed by atoms with Gasteiger partial charge in [0.05, 0.1) is 68.5 Å². The van der Waals surface area contributed by atoms with E-state index in [0.717, 1.165) is 119 Å². The van der Waals surface area contributed by atoms with E-state index in [1.165, 1.54) is 0 Å². The van der Waals surface area contributed by atoms with E-state index in [1.54, 1.807) is 0 Å². The number of rotatable bonds is 27. The van der Waals surface area contributed by atoms with Crippen molar-refractivity contribution < 1.29 is 174 Å². The van der Waals surface area contributed by atoms with E-state index in [4.69, 9.17) is 0 Å². The largest absolute Gasteiger partial charge is 0.444 e. The number of fused-ring (bicyclic) bond motifs is 4. The Balaban J connectivity index is 0.849. The Bertz CT molecular complexity index is 8480. The highest BCUT2D eigenvalue weighted by molar-refractivity contribution is 7.92. The highest BCUT2D eigenvalue weighted by Gasteiger charge is 2.41. The summed E-state index contributed by atoms with van der Waals surface area (Å²) in [6, 6.07) is 18.5. The summed E-state index contributed by atoms with van der Waals surface area (Å²) in [5, 5.41) is 14.9. The summed E-state index contributed by atoms with van der Waals surface area (Å²) in [6.07, 6.45) is 4.14. The normalized spacial score (nSPS) is 14.5. The van der Waals surface area contributed by atoms with Crippen molar-refractivity contribution in [1.29, 1.82) is 0 Å². The third-order valence-electron chi connectivity index (χ3n) is 18.6. The number of hydrogen-bond donors (Lipinski definition) is 18. The second-order valence-corrected chi connectivity index (χ2v) is 44.1. The first-order valence-corrected chi connectivity index (χ1v) is 52.4.